The fraction of sp³-hybridized carbons (Fsp3) is 0.188. The summed E-state index contributed by atoms with van der Waals surface area (Å²) < 4.78 is 37.9. The number of halogens is 3. The summed E-state index contributed by atoms with van der Waals surface area (Å²) in [6.45, 7) is 1.89. The standard InChI is InChI=1S/C16H14F3NO/c1-12(20-21-11-13-6-3-2-4-7-13)14-8-5-9-15(10-14)16(17,18)19/h2-10H,11H2,1H3/b20-12+. The quantitative estimate of drug-likeness (QED) is 0.594. The van der Waals surface area contributed by atoms with Gasteiger partial charge in [0.05, 0.1) is 11.3 Å². The van der Waals surface area contributed by atoms with E-state index in [2.05, 4.69) is 5.16 Å². The SMILES string of the molecule is C/C(=N\OCc1ccccc1)c1cccc(C(F)(F)F)c1. The first-order valence-corrected chi connectivity index (χ1v) is 6.35. The van der Waals surface area contributed by atoms with Crippen molar-refractivity contribution >= 4 is 5.71 Å². The molecule has 0 aliphatic carbocycles. The first-order valence-electron chi connectivity index (χ1n) is 6.35. The normalized spacial score (nSPS) is 12.3. The molecule has 0 bridgehead atoms. The Morgan fingerprint density at radius 2 is 1.76 bits per heavy atom. The number of benzene rings is 2. The molecule has 5 heteroatoms. The minimum atomic E-state index is -4.36. The van der Waals surface area contributed by atoms with Gasteiger partial charge in [0.15, 0.2) is 0 Å². The minimum Gasteiger partial charge on any atom is -0.391 e. The molecule has 2 aromatic carbocycles. The third-order valence-corrected chi connectivity index (χ3v) is 2.88. The molecule has 0 atom stereocenters. The van der Waals surface area contributed by atoms with Crippen LogP contribution in [0, 0.1) is 0 Å². The van der Waals surface area contributed by atoms with E-state index in [1.165, 1.54) is 6.07 Å². The van der Waals surface area contributed by atoms with Gasteiger partial charge in [-0.15, -0.1) is 0 Å². The minimum absolute atomic E-state index is 0.275. The Morgan fingerprint density at radius 1 is 1.05 bits per heavy atom. The van der Waals surface area contributed by atoms with Crippen LogP contribution in [-0.4, -0.2) is 5.71 Å². The van der Waals surface area contributed by atoms with Crippen molar-refractivity contribution in [3.05, 3.63) is 71.3 Å². The smallest absolute Gasteiger partial charge is 0.391 e. The second-order valence-corrected chi connectivity index (χ2v) is 4.51. The van der Waals surface area contributed by atoms with E-state index in [-0.39, 0.29) is 6.61 Å². The summed E-state index contributed by atoms with van der Waals surface area (Å²) in [7, 11) is 0. The molecule has 0 aromatic heterocycles. The molecular formula is C16H14F3NO. The summed E-state index contributed by atoms with van der Waals surface area (Å²) in [4.78, 5) is 5.17. The van der Waals surface area contributed by atoms with E-state index in [1.54, 1.807) is 13.0 Å². The third-order valence-electron chi connectivity index (χ3n) is 2.88. The Balaban J connectivity index is 2.06. The van der Waals surface area contributed by atoms with Crippen LogP contribution >= 0.6 is 0 Å². The molecule has 0 aliphatic rings. The van der Waals surface area contributed by atoms with E-state index in [0.717, 1.165) is 17.7 Å². The van der Waals surface area contributed by atoms with Gasteiger partial charge in [0.2, 0.25) is 0 Å². The predicted molar refractivity (Wildman–Crippen MR) is 74.9 cm³/mol. The number of oxime groups is 1. The Kier molecular flexibility index (Phi) is 4.62. The molecule has 21 heavy (non-hydrogen) atoms. The summed E-state index contributed by atoms with van der Waals surface area (Å²) >= 11 is 0. The van der Waals surface area contributed by atoms with E-state index < -0.39 is 11.7 Å². The molecule has 0 N–H and O–H groups in total. The molecule has 0 aliphatic heterocycles. The van der Waals surface area contributed by atoms with Gasteiger partial charge in [0.1, 0.15) is 6.61 Å². The van der Waals surface area contributed by atoms with E-state index >= 15 is 0 Å². The van der Waals surface area contributed by atoms with Gasteiger partial charge in [-0.3, -0.25) is 0 Å². The zero-order chi connectivity index (χ0) is 15.3. The average Bonchev–Trinajstić information content (AvgIpc) is 2.47. The van der Waals surface area contributed by atoms with E-state index in [0.29, 0.717) is 11.3 Å². The molecule has 0 fully saturated rings. The third kappa shape index (κ3) is 4.34. The van der Waals surface area contributed by atoms with Gasteiger partial charge in [-0.1, -0.05) is 47.6 Å². The highest BCUT2D eigenvalue weighted by Gasteiger charge is 2.30. The average molecular weight is 293 g/mol. The van der Waals surface area contributed by atoms with Crippen LogP contribution in [0.5, 0.6) is 0 Å². The van der Waals surface area contributed by atoms with Crippen molar-refractivity contribution in [3.63, 3.8) is 0 Å². The van der Waals surface area contributed by atoms with Crippen LogP contribution in [0.2, 0.25) is 0 Å². The Morgan fingerprint density at radius 3 is 2.43 bits per heavy atom. The van der Waals surface area contributed by atoms with Crippen LogP contribution in [-0.2, 0) is 17.6 Å². The van der Waals surface area contributed by atoms with Gasteiger partial charge in [-0.25, -0.2) is 0 Å². The van der Waals surface area contributed by atoms with Crippen molar-refractivity contribution in [2.75, 3.05) is 0 Å². The largest absolute Gasteiger partial charge is 0.416 e. The maximum atomic E-state index is 12.6. The Hall–Kier alpha value is -2.30. The molecule has 0 unspecified atom stereocenters. The van der Waals surface area contributed by atoms with Crippen molar-refractivity contribution < 1.29 is 18.0 Å². The summed E-state index contributed by atoms with van der Waals surface area (Å²) in [6, 6.07) is 14.4. The van der Waals surface area contributed by atoms with Gasteiger partial charge in [0.25, 0.3) is 0 Å². The second-order valence-electron chi connectivity index (χ2n) is 4.51. The van der Waals surface area contributed by atoms with Gasteiger partial charge in [-0.05, 0) is 30.2 Å². The van der Waals surface area contributed by atoms with Crippen LogP contribution in [0.15, 0.2) is 59.8 Å². The molecule has 2 rings (SSSR count). The molecule has 110 valence electrons. The molecule has 2 nitrogen and oxygen atoms in total. The highest BCUT2D eigenvalue weighted by atomic mass is 19.4. The molecular weight excluding hydrogens is 279 g/mol. The van der Waals surface area contributed by atoms with Crippen LogP contribution < -0.4 is 0 Å². The predicted octanol–water partition coefficient (Wildman–Crippen LogP) is 4.65. The lowest BCUT2D eigenvalue weighted by Gasteiger charge is -2.08. The first-order chi connectivity index (χ1) is 9.97. The monoisotopic (exact) mass is 293 g/mol. The number of rotatable bonds is 4. The highest BCUT2D eigenvalue weighted by molar-refractivity contribution is 5.98. The summed E-state index contributed by atoms with van der Waals surface area (Å²) in [5, 5.41) is 3.86. The zero-order valence-electron chi connectivity index (χ0n) is 11.4. The molecule has 0 spiro atoms. The fourth-order valence-electron chi connectivity index (χ4n) is 1.75. The van der Waals surface area contributed by atoms with Gasteiger partial charge >= 0.3 is 6.18 Å². The second kappa shape index (κ2) is 6.43. The summed E-state index contributed by atoms with van der Waals surface area (Å²) in [5.74, 6) is 0. The van der Waals surface area contributed by atoms with Crippen LogP contribution in [0.3, 0.4) is 0 Å². The van der Waals surface area contributed by atoms with Gasteiger partial charge in [-0.2, -0.15) is 13.2 Å². The van der Waals surface area contributed by atoms with E-state index in [1.807, 2.05) is 30.3 Å². The first kappa shape index (κ1) is 15.1. The van der Waals surface area contributed by atoms with Crippen LogP contribution in [0.1, 0.15) is 23.6 Å². The van der Waals surface area contributed by atoms with E-state index in [9.17, 15) is 13.2 Å². The van der Waals surface area contributed by atoms with E-state index in [4.69, 9.17) is 4.84 Å². The van der Waals surface area contributed by atoms with Gasteiger partial charge in [0, 0.05) is 0 Å². The molecule has 0 heterocycles. The fourth-order valence-corrected chi connectivity index (χ4v) is 1.75. The van der Waals surface area contributed by atoms with Crippen molar-refractivity contribution in [2.24, 2.45) is 5.16 Å². The molecule has 0 radical (unpaired) electrons. The molecule has 0 amide bonds. The molecule has 0 saturated heterocycles. The van der Waals surface area contributed by atoms with Crippen molar-refractivity contribution in [1.82, 2.24) is 0 Å². The van der Waals surface area contributed by atoms with Crippen LogP contribution in [0.25, 0.3) is 0 Å². The van der Waals surface area contributed by atoms with Gasteiger partial charge < -0.3 is 4.84 Å². The highest BCUT2D eigenvalue weighted by Crippen LogP contribution is 2.29. The number of hydrogen-bond donors (Lipinski definition) is 0. The number of alkyl halides is 3. The van der Waals surface area contributed by atoms with Crippen molar-refractivity contribution in [3.8, 4) is 0 Å². The maximum absolute atomic E-state index is 12.6. The summed E-state index contributed by atoms with van der Waals surface area (Å²) in [6.07, 6.45) is -4.36. The lowest BCUT2D eigenvalue weighted by molar-refractivity contribution is -0.137. The van der Waals surface area contributed by atoms with Crippen LogP contribution in [0.4, 0.5) is 13.2 Å². The topological polar surface area (TPSA) is 21.6 Å². The number of nitrogens with zero attached hydrogens (tertiary/aromatic N) is 1. The Bertz CT molecular complexity index is 621. The molecule has 2 aromatic rings. The maximum Gasteiger partial charge on any atom is 0.416 e. The Labute approximate surface area is 120 Å². The van der Waals surface area contributed by atoms with Crippen molar-refractivity contribution in [1.29, 1.82) is 0 Å². The lowest BCUT2D eigenvalue weighted by Crippen LogP contribution is -2.06. The lowest BCUT2D eigenvalue weighted by atomic mass is 10.1. The number of hydrogen-bond acceptors (Lipinski definition) is 2. The zero-order valence-corrected chi connectivity index (χ0v) is 11.4. The van der Waals surface area contributed by atoms with Crippen molar-refractivity contribution in [2.45, 2.75) is 19.7 Å². The molecule has 0 saturated carbocycles. The summed E-state index contributed by atoms with van der Waals surface area (Å²) in [5.41, 5.74) is 1.03.